The SMILES string of the molecule is CCO[C@H]1OC(C(=O)NCCOC)=C[C@@H](c2c(C)n(C)n(-c3ccccc3)c2=O)[C@@H]1CCOCCOCCO. The maximum atomic E-state index is 13.9. The first kappa shape index (κ1) is 30.6. The zero-order chi connectivity index (χ0) is 28.2. The Hall–Kier alpha value is -2.96. The van der Waals surface area contributed by atoms with Crippen LogP contribution in [0.2, 0.25) is 0 Å². The van der Waals surface area contributed by atoms with E-state index < -0.39 is 18.1 Å². The predicted molar refractivity (Wildman–Crippen MR) is 145 cm³/mol. The number of allylic oxidation sites excluding steroid dienone is 1. The predicted octanol–water partition coefficient (Wildman–Crippen LogP) is 1.64. The van der Waals surface area contributed by atoms with E-state index in [2.05, 4.69) is 5.32 Å². The largest absolute Gasteiger partial charge is 0.459 e. The summed E-state index contributed by atoms with van der Waals surface area (Å²) in [6.45, 7) is 6.13. The Labute approximate surface area is 229 Å². The molecular formula is C28H41N3O8. The van der Waals surface area contributed by atoms with Crippen molar-refractivity contribution in [3.8, 4) is 5.69 Å². The molecule has 0 spiro atoms. The number of methoxy groups -OCH3 is 1. The van der Waals surface area contributed by atoms with Crippen LogP contribution in [0.4, 0.5) is 0 Å². The average Bonchev–Trinajstić information content (AvgIpc) is 3.16. The average molecular weight is 548 g/mol. The molecule has 0 unspecified atom stereocenters. The molecule has 0 saturated heterocycles. The molecule has 3 atom stereocenters. The van der Waals surface area contributed by atoms with Gasteiger partial charge in [-0.1, -0.05) is 18.2 Å². The smallest absolute Gasteiger partial charge is 0.286 e. The molecule has 11 nitrogen and oxygen atoms in total. The van der Waals surface area contributed by atoms with Crippen LogP contribution in [-0.4, -0.2) is 86.6 Å². The standard InChI is InChI=1S/C28H41N3O8/c1-5-38-28-22(11-14-36-17-18-37-16-13-32)23(19-24(39-28)26(33)29-12-15-35-4)25-20(2)30(3)31(27(25)34)21-9-7-6-8-10-21/h6-10,19,22-23,28,32H,5,11-18H2,1-4H3,(H,29,33)/t22-,23+,28-/m0/s1. The number of aliphatic hydroxyl groups is 1. The van der Waals surface area contributed by atoms with Crippen LogP contribution >= 0.6 is 0 Å². The maximum Gasteiger partial charge on any atom is 0.286 e. The number of carbonyl (C=O) groups excluding carboxylic acids is 1. The Bertz CT molecular complexity index is 1130. The fourth-order valence-electron chi connectivity index (χ4n) is 4.70. The van der Waals surface area contributed by atoms with E-state index in [1.807, 2.05) is 55.9 Å². The molecule has 0 fully saturated rings. The number of rotatable bonds is 16. The van der Waals surface area contributed by atoms with Crippen molar-refractivity contribution in [2.24, 2.45) is 13.0 Å². The second-order valence-corrected chi connectivity index (χ2v) is 9.12. The van der Waals surface area contributed by atoms with Crippen LogP contribution in [0, 0.1) is 12.8 Å². The van der Waals surface area contributed by atoms with Crippen molar-refractivity contribution in [3.63, 3.8) is 0 Å². The normalized spacial score (nSPS) is 19.0. The molecule has 2 aromatic rings. The third kappa shape index (κ3) is 7.80. The van der Waals surface area contributed by atoms with Gasteiger partial charge in [0.2, 0.25) is 6.29 Å². The molecule has 3 rings (SSSR count). The summed E-state index contributed by atoms with van der Waals surface area (Å²) >= 11 is 0. The zero-order valence-corrected chi connectivity index (χ0v) is 23.3. The molecule has 0 saturated carbocycles. The minimum atomic E-state index is -0.758. The van der Waals surface area contributed by atoms with Crippen LogP contribution in [0.1, 0.15) is 30.5 Å². The Balaban J connectivity index is 1.97. The first-order valence-electron chi connectivity index (χ1n) is 13.3. The van der Waals surface area contributed by atoms with Gasteiger partial charge in [-0.05, 0) is 38.5 Å². The molecule has 1 aromatic heterocycles. The van der Waals surface area contributed by atoms with Crippen molar-refractivity contribution < 1.29 is 33.6 Å². The highest BCUT2D eigenvalue weighted by Crippen LogP contribution is 2.39. The number of ether oxygens (including phenoxy) is 5. The Kier molecular flexibility index (Phi) is 12.2. The summed E-state index contributed by atoms with van der Waals surface area (Å²) in [6.07, 6.45) is 1.49. The van der Waals surface area contributed by atoms with Crippen molar-refractivity contribution >= 4 is 5.91 Å². The van der Waals surface area contributed by atoms with Crippen molar-refractivity contribution in [1.29, 1.82) is 0 Å². The summed E-state index contributed by atoms with van der Waals surface area (Å²) in [5.74, 6) is -1.04. The summed E-state index contributed by atoms with van der Waals surface area (Å²) in [7, 11) is 3.41. The number of aromatic nitrogens is 2. The number of carbonyl (C=O) groups is 1. The highest BCUT2D eigenvalue weighted by atomic mass is 16.7. The first-order valence-corrected chi connectivity index (χ1v) is 13.3. The maximum absolute atomic E-state index is 13.9. The van der Waals surface area contributed by atoms with Crippen LogP contribution in [0.3, 0.4) is 0 Å². The Morgan fingerprint density at radius 3 is 2.49 bits per heavy atom. The Morgan fingerprint density at radius 2 is 1.82 bits per heavy atom. The lowest BCUT2D eigenvalue weighted by atomic mass is 9.81. The lowest BCUT2D eigenvalue weighted by Crippen LogP contribution is -2.41. The van der Waals surface area contributed by atoms with Gasteiger partial charge < -0.3 is 34.1 Å². The molecule has 1 amide bonds. The summed E-state index contributed by atoms with van der Waals surface area (Å²) in [6, 6.07) is 9.43. The number of benzene rings is 1. The van der Waals surface area contributed by atoms with E-state index in [9.17, 15) is 9.59 Å². The third-order valence-corrected chi connectivity index (χ3v) is 6.67. The monoisotopic (exact) mass is 547 g/mol. The van der Waals surface area contributed by atoms with Crippen LogP contribution in [0.25, 0.3) is 5.69 Å². The van der Waals surface area contributed by atoms with Gasteiger partial charge >= 0.3 is 0 Å². The number of aliphatic hydroxyl groups excluding tert-OH is 1. The number of hydrogen-bond donors (Lipinski definition) is 2. The number of amides is 1. The van der Waals surface area contributed by atoms with Crippen molar-refractivity contribution in [1.82, 2.24) is 14.7 Å². The van der Waals surface area contributed by atoms with Crippen LogP contribution in [-0.2, 0) is 35.5 Å². The van der Waals surface area contributed by atoms with Crippen molar-refractivity contribution in [3.05, 3.63) is 63.8 Å². The summed E-state index contributed by atoms with van der Waals surface area (Å²) in [5, 5.41) is 11.6. The third-order valence-electron chi connectivity index (χ3n) is 6.67. The number of para-hydroxylation sites is 1. The van der Waals surface area contributed by atoms with E-state index in [0.717, 1.165) is 11.4 Å². The van der Waals surface area contributed by atoms with Crippen LogP contribution in [0.15, 0.2) is 47.0 Å². The lowest BCUT2D eigenvalue weighted by molar-refractivity contribution is -0.168. The van der Waals surface area contributed by atoms with Crippen molar-refractivity contribution in [2.75, 3.05) is 59.9 Å². The van der Waals surface area contributed by atoms with Gasteiger partial charge in [-0.3, -0.25) is 14.3 Å². The Morgan fingerprint density at radius 1 is 1.10 bits per heavy atom. The zero-order valence-electron chi connectivity index (χ0n) is 23.3. The molecule has 1 aliphatic rings. The highest BCUT2D eigenvalue weighted by molar-refractivity contribution is 5.91. The van der Waals surface area contributed by atoms with E-state index in [0.29, 0.717) is 51.6 Å². The number of hydrogen-bond acceptors (Lipinski definition) is 8. The van der Waals surface area contributed by atoms with Gasteiger partial charge in [-0.15, -0.1) is 0 Å². The van der Waals surface area contributed by atoms with Gasteiger partial charge in [0.1, 0.15) is 0 Å². The minimum Gasteiger partial charge on any atom is -0.459 e. The van der Waals surface area contributed by atoms with Crippen LogP contribution in [0.5, 0.6) is 0 Å². The molecule has 11 heteroatoms. The topological polar surface area (TPSA) is 122 Å². The summed E-state index contributed by atoms with van der Waals surface area (Å²) in [5.41, 5.74) is 1.94. The summed E-state index contributed by atoms with van der Waals surface area (Å²) < 4.78 is 31.6. The van der Waals surface area contributed by atoms with Gasteiger partial charge in [0.25, 0.3) is 11.5 Å². The lowest BCUT2D eigenvalue weighted by Gasteiger charge is -2.36. The van der Waals surface area contributed by atoms with E-state index in [1.165, 1.54) is 0 Å². The first-order chi connectivity index (χ1) is 18.9. The number of nitrogens with one attached hydrogen (secondary N) is 1. The molecule has 39 heavy (non-hydrogen) atoms. The van der Waals surface area contributed by atoms with Crippen molar-refractivity contribution in [2.45, 2.75) is 32.5 Å². The van der Waals surface area contributed by atoms with E-state index in [-0.39, 0.29) is 30.5 Å². The van der Waals surface area contributed by atoms with Gasteiger partial charge in [0, 0.05) is 57.0 Å². The van der Waals surface area contributed by atoms with Gasteiger partial charge in [-0.2, -0.15) is 0 Å². The fraction of sp³-hybridized carbons (Fsp3) is 0.571. The molecule has 1 aliphatic heterocycles. The van der Waals surface area contributed by atoms with Crippen LogP contribution < -0.4 is 10.9 Å². The fourth-order valence-corrected chi connectivity index (χ4v) is 4.70. The molecular weight excluding hydrogens is 506 g/mol. The minimum absolute atomic E-state index is 0.0399. The van der Waals surface area contributed by atoms with Gasteiger partial charge in [0.15, 0.2) is 5.76 Å². The van der Waals surface area contributed by atoms with Gasteiger partial charge in [-0.25, -0.2) is 4.68 Å². The van der Waals surface area contributed by atoms with E-state index in [4.69, 9.17) is 28.8 Å². The second kappa shape index (κ2) is 15.6. The molecule has 2 heterocycles. The highest BCUT2D eigenvalue weighted by Gasteiger charge is 2.41. The molecule has 0 radical (unpaired) electrons. The number of nitrogens with zero attached hydrogens (tertiary/aromatic N) is 2. The second-order valence-electron chi connectivity index (χ2n) is 9.12. The summed E-state index contributed by atoms with van der Waals surface area (Å²) in [4.78, 5) is 26.9. The molecule has 0 aliphatic carbocycles. The molecule has 1 aromatic carbocycles. The van der Waals surface area contributed by atoms with E-state index in [1.54, 1.807) is 17.9 Å². The molecule has 216 valence electrons. The van der Waals surface area contributed by atoms with Gasteiger partial charge in [0.05, 0.1) is 38.7 Å². The molecule has 0 bridgehead atoms. The van der Waals surface area contributed by atoms with E-state index >= 15 is 0 Å². The quantitative estimate of drug-likeness (QED) is 0.304. The molecule has 2 N–H and O–H groups in total.